The average molecular weight is 334 g/mol. The summed E-state index contributed by atoms with van der Waals surface area (Å²) in [6.45, 7) is 0.798. The highest BCUT2D eigenvalue weighted by Gasteiger charge is 2.37. The van der Waals surface area contributed by atoms with E-state index in [1.807, 2.05) is 35.2 Å². The highest BCUT2D eigenvalue weighted by molar-refractivity contribution is 7.99. The van der Waals surface area contributed by atoms with Crippen LogP contribution in [-0.4, -0.2) is 57.5 Å². The van der Waals surface area contributed by atoms with Gasteiger partial charge in [0.05, 0.1) is 11.8 Å². The van der Waals surface area contributed by atoms with Crippen molar-refractivity contribution < 1.29 is 9.59 Å². The second-order valence-electron chi connectivity index (χ2n) is 5.21. The molecule has 2 amide bonds. The fourth-order valence-electron chi connectivity index (χ4n) is 2.49. The van der Waals surface area contributed by atoms with Crippen molar-refractivity contribution in [2.24, 2.45) is 0 Å². The van der Waals surface area contributed by atoms with Gasteiger partial charge in [0.2, 0.25) is 11.8 Å². The molecule has 1 atom stereocenters. The van der Waals surface area contributed by atoms with Crippen LogP contribution in [0.15, 0.2) is 36.4 Å². The van der Waals surface area contributed by atoms with E-state index >= 15 is 0 Å². The average Bonchev–Trinajstić information content (AvgIpc) is 3.24. The third-order valence-electron chi connectivity index (χ3n) is 3.73. The smallest absolute Gasteiger partial charge is 0.247 e. The number of thioether (sulfide) groups is 2. The number of benzene rings is 1. The lowest BCUT2D eigenvalue weighted by Gasteiger charge is -2.25. The van der Waals surface area contributed by atoms with Crippen molar-refractivity contribution in [3.05, 3.63) is 42.0 Å². The van der Waals surface area contributed by atoms with Crippen LogP contribution in [0.1, 0.15) is 5.56 Å². The van der Waals surface area contributed by atoms with Crippen molar-refractivity contribution in [1.82, 2.24) is 9.80 Å². The number of nitrogens with zero attached hydrogens (tertiary/aromatic N) is 2. The van der Waals surface area contributed by atoms with E-state index in [1.54, 1.807) is 40.6 Å². The van der Waals surface area contributed by atoms with E-state index in [4.69, 9.17) is 0 Å². The van der Waals surface area contributed by atoms with Gasteiger partial charge in [0.25, 0.3) is 0 Å². The number of rotatable bonds is 3. The third kappa shape index (κ3) is 3.50. The predicted molar refractivity (Wildman–Crippen MR) is 92.5 cm³/mol. The first kappa shape index (κ1) is 15.5. The standard InChI is InChI=1S/C16H18N2O2S2/c19-15(7-6-13-4-2-1-3-5-13)18-12-22-10-14(18)16(20)17-8-9-21-11-17/h1-7,14H,8-12H2/b7-6+/t14-/m0/s1. The highest BCUT2D eigenvalue weighted by atomic mass is 32.2. The Morgan fingerprint density at radius 2 is 1.95 bits per heavy atom. The topological polar surface area (TPSA) is 40.6 Å². The van der Waals surface area contributed by atoms with Crippen LogP contribution in [-0.2, 0) is 9.59 Å². The fraction of sp³-hybridized carbons (Fsp3) is 0.375. The molecule has 116 valence electrons. The molecule has 0 spiro atoms. The van der Waals surface area contributed by atoms with E-state index in [0.717, 1.165) is 23.7 Å². The lowest BCUT2D eigenvalue weighted by atomic mass is 10.2. The molecule has 22 heavy (non-hydrogen) atoms. The lowest BCUT2D eigenvalue weighted by Crippen LogP contribution is -2.47. The zero-order valence-corrected chi connectivity index (χ0v) is 13.8. The van der Waals surface area contributed by atoms with E-state index in [9.17, 15) is 9.59 Å². The second kappa shape index (κ2) is 7.24. The second-order valence-corrected chi connectivity index (χ2v) is 7.28. The molecular weight excluding hydrogens is 316 g/mol. The maximum Gasteiger partial charge on any atom is 0.247 e. The van der Waals surface area contributed by atoms with Gasteiger partial charge < -0.3 is 9.80 Å². The van der Waals surface area contributed by atoms with Gasteiger partial charge in [-0.05, 0) is 11.6 Å². The molecule has 0 unspecified atom stereocenters. The van der Waals surface area contributed by atoms with Gasteiger partial charge in [0.15, 0.2) is 0 Å². The molecule has 2 saturated heterocycles. The number of amides is 2. The van der Waals surface area contributed by atoms with Gasteiger partial charge in [0.1, 0.15) is 6.04 Å². The summed E-state index contributed by atoms with van der Waals surface area (Å²) in [5.41, 5.74) is 0.988. The van der Waals surface area contributed by atoms with Crippen LogP contribution in [0.2, 0.25) is 0 Å². The Morgan fingerprint density at radius 1 is 1.14 bits per heavy atom. The van der Waals surface area contributed by atoms with Gasteiger partial charge in [0, 0.05) is 24.1 Å². The molecule has 2 aliphatic rings. The molecule has 6 heteroatoms. The number of carbonyl (C=O) groups is 2. The Bertz CT molecular complexity index is 571. The van der Waals surface area contributed by atoms with Gasteiger partial charge >= 0.3 is 0 Å². The summed E-state index contributed by atoms with van der Waals surface area (Å²) in [5, 5.41) is 0. The minimum Gasteiger partial charge on any atom is -0.331 e. The molecule has 1 aromatic rings. The van der Waals surface area contributed by atoms with E-state index in [1.165, 1.54) is 0 Å². The normalized spacial score (nSPS) is 21.7. The monoisotopic (exact) mass is 334 g/mol. The number of hydrogen-bond donors (Lipinski definition) is 0. The quantitative estimate of drug-likeness (QED) is 0.794. The highest BCUT2D eigenvalue weighted by Crippen LogP contribution is 2.25. The summed E-state index contributed by atoms with van der Waals surface area (Å²) in [5.74, 6) is 3.05. The summed E-state index contributed by atoms with van der Waals surface area (Å²) < 4.78 is 0. The number of carbonyl (C=O) groups excluding carboxylic acids is 2. The van der Waals surface area contributed by atoms with E-state index in [2.05, 4.69) is 0 Å². The van der Waals surface area contributed by atoms with Crippen LogP contribution < -0.4 is 0 Å². The Labute approximate surface area is 138 Å². The summed E-state index contributed by atoms with van der Waals surface area (Å²) in [6, 6.07) is 9.41. The molecule has 1 aromatic carbocycles. The van der Waals surface area contributed by atoms with Crippen LogP contribution >= 0.6 is 23.5 Å². The van der Waals surface area contributed by atoms with Crippen LogP contribution in [0, 0.1) is 0 Å². The number of hydrogen-bond acceptors (Lipinski definition) is 4. The fourth-order valence-corrected chi connectivity index (χ4v) is 4.60. The molecule has 0 bridgehead atoms. The zero-order chi connectivity index (χ0) is 15.4. The molecule has 0 saturated carbocycles. The van der Waals surface area contributed by atoms with Crippen molar-refractivity contribution in [1.29, 1.82) is 0 Å². The van der Waals surface area contributed by atoms with Crippen LogP contribution in [0.4, 0.5) is 0 Å². The van der Waals surface area contributed by atoms with Crippen molar-refractivity contribution in [2.45, 2.75) is 6.04 Å². The lowest BCUT2D eigenvalue weighted by molar-refractivity contribution is -0.140. The summed E-state index contributed by atoms with van der Waals surface area (Å²) in [7, 11) is 0. The molecule has 0 aliphatic carbocycles. The van der Waals surface area contributed by atoms with E-state index in [-0.39, 0.29) is 17.9 Å². The molecule has 2 aliphatic heterocycles. The van der Waals surface area contributed by atoms with Gasteiger partial charge in [-0.3, -0.25) is 9.59 Å². The van der Waals surface area contributed by atoms with Crippen molar-refractivity contribution in [3.8, 4) is 0 Å². The largest absolute Gasteiger partial charge is 0.331 e. The van der Waals surface area contributed by atoms with Crippen molar-refractivity contribution in [3.63, 3.8) is 0 Å². The first-order chi connectivity index (χ1) is 10.8. The maximum atomic E-state index is 12.5. The molecule has 2 fully saturated rings. The van der Waals surface area contributed by atoms with Gasteiger partial charge in [-0.1, -0.05) is 30.3 Å². The summed E-state index contributed by atoms with van der Waals surface area (Å²) in [6.07, 6.45) is 3.37. The Hall–Kier alpha value is -1.40. The Balaban J connectivity index is 1.66. The van der Waals surface area contributed by atoms with E-state index < -0.39 is 0 Å². The van der Waals surface area contributed by atoms with Gasteiger partial charge in [-0.2, -0.15) is 0 Å². The van der Waals surface area contributed by atoms with Crippen LogP contribution in [0.3, 0.4) is 0 Å². The van der Waals surface area contributed by atoms with Gasteiger partial charge in [-0.25, -0.2) is 0 Å². The Kier molecular flexibility index (Phi) is 5.10. The molecule has 4 nitrogen and oxygen atoms in total. The molecule has 3 rings (SSSR count). The minimum absolute atomic E-state index is 0.0842. The maximum absolute atomic E-state index is 12.5. The molecule has 0 radical (unpaired) electrons. The Morgan fingerprint density at radius 3 is 2.68 bits per heavy atom. The molecule has 0 aromatic heterocycles. The minimum atomic E-state index is -0.309. The first-order valence-electron chi connectivity index (χ1n) is 7.24. The molecule has 0 N–H and O–H groups in total. The van der Waals surface area contributed by atoms with Crippen LogP contribution in [0.25, 0.3) is 6.08 Å². The zero-order valence-electron chi connectivity index (χ0n) is 12.2. The SMILES string of the molecule is O=C([C@@H]1CSCN1C(=O)/C=C/c1ccccc1)N1CCSC1. The van der Waals surface area contributed by atoms with Crippen molar-refractivity contribution in [2.75, 3.05) is 29.8 Å². The third-order valence-corrected chi connectivity index (χ3v) is 5.71. The molecule has 2 heterocycles. The molecular formula is C16H18N2O2S2. The van der Waals surface area contributed by atoms with Crippen LogP contribution in [0.5, 0.6) is 0 Å². The van der Waals surface area contributed by atoms with Gasteiger partial charge in [-0.15, -0.1) is 23.5 Å². The van der Waals surface area contributed by atoms with E-state index in [0.29, 0.717) is 11.6 Å². The first-order valence-corrected chi connectivity index (χ1v) is 9.54. The summed E-state index contributed by atoms with van der Waals surface area (Å²) in [4.78, 5) is 28.5. The predicted octanol–water partition coefficient (Wildman–Crippen LogP) is 2.13. The summed E-state index contributed by atoms with van der Waals surface area (Å²) >= 11 is 3.41. The van der Waals surface area contributed by atoms with Crippen molar-refractivity contribution >= 4 is 41.4 Å².